The van der Waals surface area contributed by atoms with E-state index in [4.69, 9.17) is 0 Å². The minimum atomic E-state index is -0.119. The Labute approximate surface area is 56.4 Å². The Hall–Kier alpha value is -0.300. The zero-order valence-electron chi connectivity index (χ0n) is 5.93. The van der Waals surface area contributed by atoms with Crippen molar-refractivity contribution in [3.8, 4) is 0 Å². The summed E-state index contributed by atoms with van der Waals surface area (Å²) < 4.78 is 0. The lowest BCUT2D eigenvalue weighted by Crippen LogP contribution is -2.22. The summed E-state index contributed by atoms with van der Waals surface area (Å²) in [7, 11) is 0. The first kappa shape index (κ1) is 6.81. The van der Waals surface area contributed by atoms with Gasteiger partial charge in [0.2, 0.25) is 0 Å². The number of hydrogen-bond acceptors (Lipinski definition) is 1. The van der Waals surface area contributed by atoms with Crippen LogP contribution in [0.3, 0.4) is 0 Å². The summed E-state index contributed by atoms with van der Waals surface area (Å²) in [5.74, 6) is 0.482. The SMILES string of the molecule is C=C1CCC(C)C(O)C1. The molecular formula is C8H14O. The Morgan fingerprint density at radius 3 is 2.78 bits per heavy atom. The van der Waals surface area contributed by atoms with Crippen LogP contribution in [0.2, 0.25) is 0 Å². The van der Waals surface area contributed by atoms with Gasteiger partial charge in [0.15, 0.2) is 0 Å². The first-order chi connectivity index (χ1) is 4.20. The maximum Gasteiger partial charge on any atom is 0.0602 e. The maximum atomic E-state index is 9.29. The molecule has 0 aromatic heterocycles. The normalized spacial score (nSPS) is 36.9. The van der Waals surface area contributed by atoms with E-state index in [-0.39, 0.29) is 6.10 Å². The van der Waals surface area contributed by atoms with Gasteiger partial charge >= 0.3 is 0 Å². The molecule has 1 saturated carbocycles. The highest BCUT2D eigenvalue weighted by atomic mass is 16.3. The van der Waals surface area contributed by atoms with Gasteiger partial charge in [-0.05, 0) is 25.2 Å². The minimum Gasteiger partial charge on any atom is -0.393 e. The summed E-state index contributed by atoms with van der Waals surface area (Å²) >= 11 is 0. The van der Waals surface area contributed by atoms with Crippen LogP contribution in [0.4, 0.5) is 0 Å². The first-order valence-corrected chi connectivity index (χ1v) is 3.55. The predicted molar refractivity (Wildman–Crippen MR) is 38.2 cm³/mol. The molecule has 0 aliphatic heterocycles. The van der Waals surface area contributed by atoms with Crippen molar-refractivity contribution in [1.29, 1.82) is 0 Å². The van der Waals surface area contributed by atoms with E-state index in [2.05, 4.69) is 13.5 Å². The minimum absolute atomic E-state index is 0.119. The lowest BCUT2D eigenvalue weighted by atomic mass is 9.85. The van der Waals surface area contributed by atoms with Crippen LogP contribution in [0.15, 0.2) is 12.2 Å². The molecule has 0 heterocycles. The van der Waals surface area contributed by atoms with Gasteiger partial charge in [-0.1, -0.05) is 19.1 Å². The zero-order chi connectivity index (χ0) is 6.85. The maximum absolute atomic E-state index is 9.29. The van der Waals surface area contributed by atoms with Gasteiger partial charge in [-0.3, -0.25) is 0 Å². The van der Waals surface area contributed by atoms with Gasteiger partial charge in [-0.15, -0.1) is 0 Å². The number of hydrogen-bond donors (Lipinski definition) is 1. The fraction of sp³-hybridized carbons (Fsp3) is 0.750. The molecule has 1 fully saturated rings. The smallest absolute Gasteiger partial charge is 0.0602 e. The average molecular weight is 126 g/mol. The summed E-state index contributed by atoms with van der Waals surface area (Å²) in [6, 6.07) is 0. The van der Waals surface area contributed by atoms with Gasteiger partial charge in [-0.25, -0.2) is 0 Å². The Morgan fingerprint density at radius 1 is 1.67 bits per heavy atom. The molecule has 0 spiro atoms. The van der Waals surface area contributed by atoms with Crippen molar-refractivity contribution in [3.05, 3.63) is 12.2 Å². The van der Waals surface area contributed by atoms with E-state index in [9.17, 15) is 5.11 Å². The fourth-order valence-corrected chi connectivity index (χ4v) is 1.22. The second-order valence-corrected chi connectivity index (χ2v) is 3.04. The second kappa shape index (κ2) is 2.53. The topological polar surface area (TPSA) is 20.2 Å². The third-order valence-electron chi connectivity index (χ3n) is 2.11. The zero-order valence-corrected chi connectivity index (χ0v) is 5.93. The highest BCUT2D eigenvalue weighted by Gasteiger charge is 2.19. The van der Waals surface area contributed by atoms with E-state index >= 15 is 0 Å². The third-order valence-corrected chi connectivity index (χ3v) is 2.11. The lowest BCUT2D eigenvalue weighted by Gasteiger charge is -2.25. The highest BCUT2D eigenvalue weighted by molar-refractivity contribution is 5.01. The molecule has 0 aromatic carbocycles. The largest absolute Gasteiger partial charge is 0.393 e. The molecule has 2 unspecified atom stereocenters. The van der Waals surface area contributed by atoms with Crippen molar-refractivity contribution in [1.82, 2.24) is 0 Å². The summed E-state index contributed by atoms with van der Waals surface area (Å²) in [6.45, 7) is 5.93. The Morgan fingerprint density at radius 2 is 2.33 bits per heavy atom. The molecule has 0 radical (unpaired) electrons. The summed E-state index contributed by atoms with van der Waals surface area (Å²) in [5, 5.41) is 9.29. The Kier molecular flexibility index (Phi) is 1.91. The van der Waals surface area contributed by atoms with E-state index in [0.717, 1.165) is 19.3 Å². The number of aliphatic hydroxyl groups is 1. The lowest BCUT2D eigenvalue weighted by molar-refractivity contribution is 0.0981. The van der Waals surface area contributed by atoms with Crippen LogP contribution in [0.5, 0.6) is 0 Å². The van der Waals surface area contributed by atoms with Crippen LogP contribution < -0.4 is 0 Å². The summed E-state index contributed by atoms with van der Waals surface area (Å²) in [4.78, 5) is 0. The van der Waals surface area contributed by atoms with Crippen molar-refractivity contribution < 1.29 is 5.11 Å². The molecule has 0 amide bonds. The van der Waals surface area contributed by atoms with Crippen molar-refractivity contribution >= 4 is 0 Å². The standard InChI is InChI=1S/C8H14O/c1-6-3-4-7(2)8(9)5-6/h7-9H,1,3-5H2,2H3. The predicted octanol–water partition coefficient (Wildman–Crippen LogP) is 1.72. The first-order valence-electron chi connectivity index (χ1n) is 3.55. The molecule has 0 aromatic rings. The van der Waals surface area contributed by atoms with E-state index in [1.54, 1.807) is 0 Å². The van der Waals surface area contributed by atoms with Gasteiger partial charge in [0, 0.05) is 0 Å². The molecule has 1 aliphatic carbocycles. The van der Waals surface area contributed by atoms with Gasteiger partial charge in [-0.2, -0.15) is 0 Å². The molecule has 2 atom stereocenters. The molecule has 1 nitrogen and oxygen atoms in total. The van der Waals surface area contributed by atoms with Crippen molar-refractivity contribution in [2.24, 2.45) is 5.92 Å². The van der Waals surface area contributed by atoms with Crippen molar-refractivity contribution in [2.45, 2.75) is 32.3 Å². The summed E-state index contributed by atoms with van der Waals surface area (Å²) in [5.41, 5.74) is 1.21. The summed E-state index contributed by atoms with van der Waals surface area (Å²) in [6.07, 6.45) is 2.92. The van der Waals surface area contributed by atoms with E-state index in [1.165, 1.54) is 5.57 Å². The van der Waals surface area contributed by atoms with E-state index in [1.807, 2.05) is 0 Å². The van der Waals surface area contributed by atoms with Gasteiger partial charge in [0.25, 0.3) is 0 Å². The molecule has 1 aliphatic rings. The monoisotopic (exact) mass is 126 g/mol. The van der Waals surface area contributed by atoms with Gasteiger partial charge in [0.05, 0.1) is 6.10 Å². The molecule has 1 heteroatoms. The van der Waals surface area contributed by atoms with Crippen LogP contribution in [0.1, 0.15) is 26.2 Å². The molecule has 1 N–H and O–H groups in total. The highest BCUT2D eigenvalue weighted by Crippen LogP contribution is 2.26. The Bertz CT molecular complexity index is 118. The molecule has 52 valence electrons. The van der Waals surface area contributed by atoms with Gasteiger partial charge in [0.1, 0.15) is 0 Å². The Balaban J connectivity index is 2.44. The van der Waals surface area contributed by atoms with E-state index < -0.39 is 0 Å². The molecular weight excluding hydrogens is 112 g/mol. The fourth-order valence-electron chi connectivity index (χ4n) is 1.22. The van der Waals surface area contributed by atoms with Crippen molar-refractivity contribution in [3.63, 3.8) is 0 Å². The molecule has 9 heavy (non-hydrogen) atoms. The average Bonchev–Trinajstić information content (AvgIpc) is 1.80. The molecule has 1 rings (SSSR count). The van der Waals surface area contributed by atoms with E-state index in [0.29, 0.717) is 5.92 Å². The third kappa shape index (κ3) is 1.55. The molecule has 0 saturated heterocycles. The van der Waals surface area contributed by atoms with Crippen LogP contribution >= 0.6 is 0 Å². The number of rotatable bonds is 0. The second-order valence-electron chi connectivity index (χ2n) is 3.04. The van der Waals surface area contributed by atoms with Gasteiger partial charge < -0.3 is 5.11 Å². The van der Waals surface area contributed by atoms with Crippen LogP contribution in [0, 0.1) is 5.92 Å². The van der Waals surface area contributed by atoms with Crippen LogP contribution in [-0.2, 0) is 0 Å². The van der Waals surface area contributed by atoms with Crippen LogP contribution in [0.25, 0.3) is 0 Å². The number of aliphatic hydroxyl groups excluding tert-OH is 1. The van der Waals surface area contributed by atoms with Crippen LogP contribution in [-0.4, -0.2) is 11.2 Å². The van der Waals surface area contributed by atoms with Crippen molar-refractivity contribution in [2.75, 3.05) is 0 Å². The quantitative estimate of drug-likeness (QED) is 0.490. The molecule has 0 bridgehead atoms.